The molecule has 0 bridgehead atoms. The molecule has 1 aliphatic rings. The van der Waals surface area contributed by atoms with Crippen LogP contribution in [0.2, 0.25) is 0 Å². The van der Waals surface area contributed by atoms with Crippen LogP contribution < -0.4 is 0 Å². The minimum Gasteiger partial charge on any atom is -0.373 e. The van der Waals surface area contributed by atoms with Gasteiger partial charge in [0.15, 0.2) is 0 Å². The second kappa shape index (κ2) is 0.977. The largest absolute Gasteiger partial charge is 0.373 e. The lowest BCUT2D eigenvalue weighted by Gasteiger charge is -1.68. The molecule has 29 valence electrons. The lowest BCUT2D eigenvalue weighted by Crippen LogP contribution is -1.74. The van der Waals surface area contributed by atoms with Gasteiger partial charge in [-0.15, -0.1) is 0 Å². The van der Waals surface area contributed by atoms with Crippen molar-refractivity contribution in [2.75, 3.05) is 6.61 Å². The van der Waals surface area contributed by atoms with Gasteiger partial charge < -0.3 is 4.74 Å². The lowest BCUT2D eigenvalue weighted by atomic mass is 10.4. The van der Waals surface area contributed by atoms with Crippen LogP contribution in [0.1, 0.15) is 6.92 Å². The average Bonchev–Trinajstić information content (AvgIpc) is 2.12. The van der Waals surface area contributed by atoms with Crippen molar-refractivity contribution in [2.24, 2.45) is 0 Å². The van der Waals surface area contributed by atoms with E-state index < -0.39 is 0 Å². The van der Waals surface area contributed by atoms with Crippen LogP contribution in [0.4, 0.5) is 0 Å². The summed E-state index contributed by atoms with van der Waals surface area (Å²) in [6, 6.07) is 0. The molecular formula is C4H7O. The third kappa shape index (κ3) is 0.618. The van der Waals surface area contributed by atoms with Crippen molar-refractivity contribution in [3.63, 3.8) is 0 Å². The zero-order chi connectivity index (χ0) is 3.70. The van der Waals surface area contributed by atoms with Crippen molar-refractivity contribution in [1.29, 1.82) is 0 Å². The summed E-state index contributed by atoms with van der Waals surface area (Å²) < 4.78 is 4.80. The number of hydrogen-bond donors (Lipinski definition) is 0. The van der Waals surface area contributed by atoms with Crippen LogP contribution in [-0.2, 0) is 4.74 Å². The third-order valence-corrected chi connectivity index (χ3v) is 0.731. The van der Waals surface area contributed by atoms with Gasteiger partial charge in [-0.3, -0.25) is 0 Å². The first-order valence-corrected chi connectivity index (χ1v) is 1.84. The summed E-state index contributed by atoms with van der Waals surface area (Å²) in [4.78, 5) is 0. The van der Waals surface area contributed by atoms with E-state index in [0.29, 0.717) is 6.10 Å². The molecule has 1 heteroatoms. The van der Waals surface area contributed by atoms with E-state index in [9.17, 15) is 0 Å². The number of rotatable bonds is 1. The quantitative estimate of drug-likeness (QED) is 0.412. The fourth-order valence-electron chi connectivity index (χ4n) is 0.248. The van der Waals surface area contributed by atoms with E-state index in [1.165, 1.54) is 0 Å². The van der Waals surface area contributed by atoms with Crippen LogP contribution in [0.5, 0.6) is 0 Å². The summed E-state index contributed by atoms with van der Waals surface area (Å²) in [5.74, 6) is 0. The van der Waals surface area contributed by atoms with Crippen LogP contribution in [0, 0.1) is 6.42 Å². The SMILES string of the molecule is C[CH][C@H]1CO1. The molecule has 0 aromatic heterocycles. The first-order valence-electron chi connectivity index (χ1n) is 1.84. The molecule has 1 fully saturated rings. The number of epoxide rings is 1. The zero-order valence-corrected chi connectivity index (χ0v) is 3.27. The second-order valence-corrected chi connectivity index (χ2v) is 1.21. The molecule has 1 nitrogen and oxygen atoms in total. The first kappa shape index (κ1) is 3.16. The second-order valence-electron chi connectivity index (χ2n) is 1.21. The Morgan fingerprint density at radius 3 is 2.60 bits per heavy atom. The fraction of sp³-hybridized carbons (Fsp3) is 0.750. The Kier molecular flexibility index (Phi) is 0.618. The minimum absolute atomic E-state index is 0.509. The van der Waals surface area contributed by atoms with Gasteiger partial charge in [-0.25, -0.2) is 0 Å². The van der Waals surface area contributed by atoms with Gasteiger partial charge in [-0.05, 0) is 6.42 Å². The lowest BCUT2D eigenvalue weighted by molar-refractivity contribution is 0.430. The first-order chi connectivity index (χ1) is 2.43. The summed E-state index contributed by atoms with van der Waals surface area (Å²) in [6.07, 6.45) is 2.56. The molecule has 1 aliphatic heterocycles. The Morgan fingerprint density at radius 2 is 2.60 bits per heavy atom. The van der Waals surface area contributed by atoms with Gasteiger partial charge in [-0.2, -0.15) is 0 Å². The highest BCUT2D eigenvalue weighted by atomic mass is 16.6. The highest BCUT2D eigenvalue weighted by Crippen LogP contribution is 2.09. The molecule has 1 radical (unpaired) electrons. The highest BCUT2D eigenvalue weighted by Gasteiger charge is 2.18. The molecule has 0 N–H and O–H groups in total. The Balaban J connectivity index is 2.00. The molecule has 1 saturated heterocycles. The molecule has 1 rings (SSSR count). The fourth-order valence-corrected chi connectivity index (χ4v) is 0.248. The normalized spacial score (nSPS) is 34.2. The zero-order valence-electron chi connectivity index (χ0n) is 3.27. The van der Waals surface area contributed by atoms with Crippen molar-refractivity contribution in [3.8, 4) is 0 Å². The predicted molar refractivity (Wildman–Crippen MR) is 19.7 cm³/mol. The molecule has 5 heavy (non-hydrogen) atoms. The van der Waals surface area contributed by atoms with Crippen LogP contribution in [0.3, 0.4) is 0 Å². The standard InChI is InChI=1S/C4H7O/c1-2-4-3-5-4/h2,4H,3H2,1H3/t4-/m0/s1. The summed E-state index contributed by atoms with van der Waals surface area (Å²) in [6.45, 7) is 2.97. The van der Waals surface area contributed by atoms with Gasteiger partial charge in [-0.1, -0.05) is 6.92 Å². The molecule has 0 spiro atoms. The highest BCUT2D eigenvalue weighted by molar-refractivity contribution is 4.80. The molecule has 1 atom stereocenters. The Bertz CT molecular complexity index is 30.6. The monoisotopic (exact) mass is 71.0 g/mol. The summed E-state index contributed by atoms with van der Waals surface area (Å²) in [5.41, 5.74) is 0. The Hall–Kier alpha value is -0.0400. The Labute approximate surface area is 31.9 Å². The van der Waals surface area contributed by atoms with E-state index in [1.807, 2.05) is 6.92 Å². The molecule has 0 saturated carbocycles. The molecule has 0 aromatic carbocycles. The summed E-state index contributed by atoms with van der Waals surface area (Å²) in [7, 11) is 0. The van der Waals surface area contributed by atoms with E-state index in [1.54, 1.807) is 0 Å². The summed E-state index contributed by atoms with van der Waals surface area (Å²) >= 11 is 0. The predicted octanol–water partition coefficient (Wildman–Crippen LogP) is 0.609. The summed E-state index contributed by atoms with van der Waals surface area (Å²) in [5, 5.41) is 0. The molecule has 1 heterocycles. The van der Waals surface area contributed by atoms with Crippen LogP contribution >= 0.6 is 0 Å². The van der Waals surface area contributed by atoms with E-state index >= 15 is 0 Å². The van der Waals surface area contributed by atoms with E-state index in [0.717, 1.165) is 6.61 Å². The number of ether oxygens (including phenoxy) is 1. The molecule has 0 aromatic rings. The molecule has 0 amide bonds. The third-order valence-electron chi connectivity index (χ3n) is 0.731. The maximum Gasteiger partial charge on any atom is 0.0838 e. The number of hydrogen-bond acceptors (Lipinski definition) is 1. The molecule has 0 aliphatic carbocycles. The van der Waals surface area contributed by atoms with Crippen molar-refractivity contribution in [2.45, 2.75) is 13.0 Å². The van der Waals surface area contributed by atoms with Crippen LogP contribution in [0.15, 0.2) is 0 Å². The van der Waals surface area contributed by atoms with E-state index in [4.69, 9.17) is 4.74 Å². The van der Waals surface area contributed by atoms with Gasteiger partial charge in [0.2, 0.25) is 0 Å². The molecular weight excluding hydrogens is 64.0 g/mol. The molecule has 0 unspecified atom stereocenters. The van der Waals surface area contributed by atoms with Crippen LogP contribution in [-0.4, -0.2) is 12.7 Å². The minimum atomic E-state index is 0.509. The topological polar surface area (TPSA) is 12.5 Å². The van der Waals surface area contributed by atoms with Gasteiger partial charge in [0, 0.05) is 0 Å². The maximum absolute atomic E-state index is 4.80. The van der Waals surface area contributed by atoms with Gasteiger partial charge >= 0.3 is 0 Å². The smallest absolute Gasteiger partial charge is 0.0838 e. The maximum atomic E-state index is 4.80. The van der Waals surface area contributed by atoms with Gasteiger partial charge in [0.05, 0.1) is 12.7 Å². The van der Waals surface area contributed by atoms with E-state index in [-0.39, 0.29) is 0 Å². The van der Waals surface area contributed by atoms with Crippen molar-refractivity contribution in [3.05, 3.63) is 6.42 Å². The average molecular weight is 71.1 g/mol. The van der Waals surface area contributed by atoms with Crippen molar-refractivity contribution in [1.82, 2.24) is 0 Å². The van der Waals surface area contributed by atoms with Gasteiger partial charge in [0.25, 0.3) is 0 Å². The van der Waals surface area contributed by atoms with Crippen LogP contribution in [0.25, 0.3) is 0 Å². The van der Waals surface area contributed by atoms with Crippen molar-refractivity contribution < 1.29 is 4.74 Å². The van der Waals surface area contributed by atoms with Gasteiger partial charge in [0.1, 0.15) is 0 Å². The Morgan fingerprint density at radius 1 is 2.00 bits per heavy atom. The van der Waals surface area contributed by atoms with E-state index in [2.05, 4.69) is 6.42 Å². The van der Waals surface area contributed by atoms with Crippen molar-refractivity contribution >= 4 is 0 Å².